The first-order valence-corrected chi connectivity index (χ1v) is 6.60. The lowest BCUT2D eigenvalue weighted by Crippen LogP contribution is -2.35. The van der Waals surface area contributed by atoms with Gasteiger partial charge in [-0.15, -0.1) is 0 Å². The zero-order valence-corrected chi connectivity index (χ0v) is 11.2. The summed E-state index contributed by atoms with van der Waals surface area (Å²) >= 11 is 0. The number of amides is 1. The Hall–Kier alpha value is -1.35. The van der Waals surface area contributed by atoms with Crippen LogP contribution in [0.3, 0.4) is 0 Å². The number of aryl methyl sites for hydroxylation is 1. The first-order valence-electron chi connectivity index (χ1n) is 6.60. The predicted octanol–water partition coefficient (Wildman–Crippen LogP) is 2.39. The summed E-state index contributed by atoms with van der Waals surface area (Å²) < 4.78 is 4.95. The Morgan fingerprint density at radius 1 is 1.28 bits per heavy atom. The van der Waals surface area contributed by atoms with E-state index in [-0.39, 0.29) is 12.5 Å². The molecule has 3 nitrogen and oxygen atoms in total. The number of ether oxygens (including phenoxy) is 1. The summed E-state index contributed by atoms with van der Waals surface area (Å²) in [4.78, 5) is 13.9. The van der Waals surface area contributed by atoms with Gasteiger partial charge in [0.2, 0.25) is 5.91 Å². The van der Waals surface area contributed by atoms with Crippen LogP contribution < -0.4 is 0 Å². The van der Waals surface area contributed by atoms with Gasteiger partial charge < -0.3 is 9.64 Å². The van der Waals surface area contributed by atoms with Crippen molar-refractivity contribution in [2.45, 2.75) is 38.8 Å². The molecule has 18 heavy (non-hydrogen) atoms. The molecule has 0 spiro atoms. The predicted molar refractivity (Wildman–Crippen MR) is 71.3 cm³/mol. The molecule has 1 aliphatic carbocycles. The second-order valence-corrected chi connectivity index (χ2v) is 4.86. The highest BCUT2D eigenvalue weighted by Crippen LogP contribution is 2.28. The first kappa shape index (κ1) is 13.1. The van der Waals surface area contributed by atoms with Crippen molar-refractivity contribution in [2.24, 2.45) is 0 Å². The van der Waals surface area contributed by atoms with Gasteiger partial charge in [-0.1, -0.05) is 31.2 Å². The van der Waals surface area contributed by atoms with Gasteiger partial charge in [0, 0.05) is 19.7 Å². The molecule has 98 valence electrons. The van der Waals surface area contributed by atoms with Gasteiger partial charge in [-0.25, -0.2) is 0 Å². The van der Waals surface area contributed by atoms with Crippen LogP contribution in [0, 0.1) is 0 Å². The third-order valence-corrected chi connectivity index (χ3v) is 3.36. The molecule has 0 saturated heterocycles. The average molecular weight is 247 g/mol. The molecule has 1 aliphatic rings. The third-order valence-electron chi connectivity index (χ3n) is 3.36. The number of hydrogen-bond acceptors (Lipinski definition) is 2. The van der Waals surface area contributed by atoms with Gasteiger partial charge in [0.25, 0.3) is 0 Å². The molecule has 0 atom stereocenters. The lowest BCUT2D eigenvalue weighted by atomic mass is 10.1. The van der Waals surface area contributed by atoms with Crippen LogP contribution >= 0.6 is 0 Å². The van der Waals surface area contributed by atoms with Gasteiger partial charge in [0.05, 0.1) is 0 Å². The van der Waals surface area contributed by atoms with Crippen LogP contribution in [0.25, 0.3) is 0 Å². The smallest absolute Gasteiger partial charge is 0.249 e. The Kier molecular flexibility index (Phi) is 4.37. The molecule has 1 fully saturated rings. The van der Waals surface area contributed by atoms with Crippen molar-refractivity contribution >= 4 is 5.91 Å². The van der Waals surface area contributed by atoms with Crippen molar-refractivity contribution in [1.82, 2.24) is 4.90 Å². The fraction of sp³-hybridized carbons (Fsp3) is 0.533. The van der Waals surface area contributed by atoms with Crippen LogP contribution in [-0.4, -0.2) is 30.6 Å². The summed E-state index contributed by atoms with van der Waals surface area (Å²) in [5.41, 5.74) is 2.53. The Bertz CT molecular complexity index is 395. The molecular formula is C15H21NO2. The molecular weight excluding hydrogens is 226 g/mol. The van der Waals surface area contributed by atoms with Gasteiger partial charge in [-0.3, -0.25) is 4.79 Å². The van der Waals surface area contributed by atoms with Crippen LogP contribution in [0.1, 0.15) is 30.9 Å². The van der Waals surface area contributed by atoms with Crippen molar-refractivity contribution in [2.75, 3.05) is 13.7 Å². The normalized spacial score (nSPS) is 14.6. The molecule has 0 N–H and O–H groups in total. The Morgan fingerprint density at radius 2 is 1.89 bits per heavy atom. The quantitative estimate of drug-likeness (QED) is 0.772. The van der Waals surface area contributed by atoms with Gasteiger partial charge in [0.15, 0.2) is 0 Å². The SMILES string of the molecule is CCc1ccc(CN(C(=O)COC)C2CC2)cc1. The summed E-state index contributed by atoms with van der Waals surface area (Å²) in [6.07, 6.45) is 3.31. The number of hydrogen-bond donors (Lipinski definition) is 0. The average Bonchev–Trinajstić information content (AvgIpc) is 3.21. The number of rotatable bonds is 6. The molecule has 1 saturated carbocycles. The second kappa shape index (κ2) is 6.01. The van der Waals surface area contributed by atoms with Crippen LogP contribution in [-0.2, 0) is 22.5 Å². The maximum absolute atomic E-state index is 12.0. The fourth-order valence-corrected chi connectivity index (χ4v) is 2.09. The Balaban J connectivity index is 2.01. The van der Waals surface area contributed by atoms with E-state index in [2.05, 4.69) is 31.2 Å². The number of carbonyl (C=O) groups excluding carboxylic acids is 1. The van der Waals surface area contributed by atoms with E-state index in [0.717, 1.165) is 19.3 Å². The zero-order valence-electron chi connectivity index (χ0n) is 11.2. The number of benzene rings is 1. The van der Waals surface area contributed by atoms with E-state index in [9.17, 15) is 4.79 Å². The molecule has 0 unspecified atom stereocenters. The maximum Gasteiger partial charge on any atom is 0.249 e. The molecule has 3 heteroatoms. The van der Waals surface area contributed by atoms with Gasteiger partial charge in [0.1, 0.15) is 6.61 Å². The highest BCUT2D eigenvalue weighted by Gasteiger charge is 2.32. The molecule has 0 aliphatic heterocycles. The van der Waals surface area contributed by atoms with Gasteiger partial charge >= 0.3 is 0 Å². The van der Waals surface area contributed by atoms with E-state index < -0.39 is 0 Å². The van der Waals surface area contributed by atoms with E-state index >= 15 is 0 Å². The third kappa shape index (κ3) is 3.33. The number of carbonyl (C=O) groups is 1. The molecule has 2 rings (SSSR count). The van der Waals surface area contributed by atoms with Crippen molar-refractivity contribution in [3.8, 4) is 0 Å². The second-order valence-electron chi connectivity index (χ2n) is 4.86. The molecule has 1 amide bonds. The van der Waals surface area contributed by atoms with E-state index in [0.29, 0.717) is 12.6 Å². The van der Waals surface area contributed by atoms with Crippen LogP contribution in [0.4, 0.5) is 0 Å². The Morgan fingerprint density at radius 3 is 2.39 bits per heavy atom. The monoisotopic (exact) mass is 247 g/mol. The van der Waals surface area contributed by atoms with Crippen molar-refractivity contribution in [1.29, 1.82) is 0 Å². The molecule has 1 aromatic carbocycles. The minimum atomic E-state index is 0.0968. The molecule has 1 aromatic rings. The van der Waals surface area contributed by atoms with Gasteiger partial charge in [-0.05, 0) is 30.4 Å². The molecule has 0 bridgehead atoms. The molecule has 0 radical (unpaired) electrons. The van der Waals surface area contributed by atoms with E-state index in [1.54, 1.807) is 7.11 Å². The Labute approximate surface area is 109 Å². The lowest BCUT2D eigenvalue weighted by molar-refractivity contribution is -0.136. The largest absolute Gasteiger partial charge is 0.375 e. The van der Waals surface area contributed by atoms with Crippen LogP contribution in [0.15, 0.2) is 24.3 Å². The maximum atomic E-state index is 12.0. The summed E-state index contributed by atoms with van der Waals surface area (Å²) in [7, 11) is 1.57. The highest BCUT2D eigenvalue weighted by molar-refractivity contribution is 5.78. The standard InChI is InChI=1S/C15H21NO2/c1-3-12-4-6-13(7-5-12)10-16(14-8-9-14)15(17)11-18-2/h4-7,14H,3,8-11H2,1-2H3. The lowest BCUT2D eigenvalue weighted by Gasteiger charge is -2.22. The van der Waals surface area contributed by atoms with Crippen molar-refractivity contribution < 1.29 is 9.53 Å². The molecule has 0 heterocycles. The van der Waals surface area contributed by atoms with E-state index in [1.165, 1.54) is 11.1 Å². The fourth-order valence-electron chi connectivity index (χ4n) is 2.09. The summed E-state index contributed by atoms with van der Waals surface area (Å²) in [5, 5.41) is 0. The molecule has 0 aromatic heterocycles. The minimum absolute atomic E-state index is 0.0968. The van der Waals surface area contributed by atoms with E-state index in [1.807, 2.05) is 4.90 Å². The number of nitrogens with zero attached hydrogens (tertiary/aromatic N) is 1. The summed E-state index contributed by atoms with van der Waals surface area (Å²) in [6.45, 7) is 3.04. The van der Waals surface area contributed by atoms with Crippen LogP contribution in [0.5, 0.6) is 0 Å². The number of methoxy groups -OCH3 is 1. The van der Waals surface area contributed by atoms with Gasteiger partial charge in [-0.2, -0.15) is 0 Å². The topological polar surface area (TPSA) is 29.5 Å². The first-order chi connectivity index (χ1) is 8.74. The highest BCUT2D eigenvalue weighted by atomic mass is 16.5. The van der Waals surface area contributed by atoms with Crippen molar-refractivity contribution in [3.63, 3.8) is 0 Å². The van der Waals surface area contributed by atoms with E-state index in [4.69, 9.17) is 4.74 Å². The summed E-state index contributed by atoms with van der Waals surface area (Å²) in [6, 6.07) is 8.95. The minimum Gasteiger partial charge on any atom is -0.375 e. The van der Waals surface area contributed by atoms with Crippen molar-refractivity contribution in [3.05, 3.63) is 35.4 Å². The zero-order chi connectivity index (χ0) is 13.0. The summed E-state index contributed by atoms with van der Waals surface area (Å²) in [5.74, 6) is 0.0968. The van der Waals surface area contributed by atoms with Crippen LogP contribution in [0.2, 0.25) is 0 Å².